The van der Waals surface area contributed by atoms with Crippen LogP contribution in [-0.2, 0) is 30.3 Å². The van der Waals surface area contributed by atoms with Crippen LogP contribution in [0.1, 0.15) is 61.0 Å². The summed E-state index contributed by atoms with van der Waals surface area (Å²) in [5.74, 6) is -2.56. The van der Waals surface area contributed by atoms with Gasteiger partial charge >= 0.3 is 6.09 Å². The Morgan fingerprint density at radius 2 is 1.67 bits per heavy atom. The van der Waals surface area contributed by atoms with Crippen LogP contribution in [0.2, 0.25) is 0 Å². The number of ketones is 1. The van der Waals surface area contributed by atoms with Gasteiger partial charge in [0, 0.05) is 19.5 Å². The number of likely N-dealkylation sites (tertiary alicyclic amines) is 1. The molecule has 3 rings (SSSR count). The fraction of sp³-hybridized carbons (Fsp3) is 0.594. The molecule has 42 heavy (non-hydrogen) atoms. The zero-order chi connectivity index (χ0) is 31.6. The number of ether oxygens (including phenoxy) is 1. The Hall–Kier alpha value is -3.69. The largest absolute Gasteiger partial charge is 0.444 e. The van der Waals surface area contributed by atoms with Crippen LogP contribution in [0.15, 0.2) is 43.0 Å². The predicted octanol–water partition coefficient (Wildman–Crippen LogP) is 3.01. The van der Waals surface area contributed by atoms with Crippen LogP contribution in [0.4, 0.5) is 4.79 Å². The topological polar surface area (TPSA) is 134 Å². The van der Waals surface area contributed by atoms with E-state index in [1.807, 2.05) is 51.1 Å². The molecule has 10 heteroatoms. The molecule has 230 valence electrons. The molecule has 10 nitrogen and oxygen atoms in total. The maximum Gasteiger partial charge on any atom is 0.408 e. The number of fused-ring (bicyclic) bond motifs is 1. The van der Waals surface area contributed by atoms with Gasteiger partial charge in [0.2, 0.25) is 17.6 Å². The van der Waals surface area contributed by atoms with Gasteiger partial charge in [0.25, 0.3) is 5.91 Å². The van der Waals surface area contributed by atoms with Crippen molar-refractivity contribution in [1.29, 1.82) is 0 Å². The average Bonchev–Trinajstić information content (AvgIpc) is 3.21. The van der Waals surface area contributed by atoms with E-state index in [0.29, 0.717) is 6.54 Å². The molecule has 1 aromatic rings. The van der Waals surface area contributed by atoms with E-state index < -0.39 is 58.7 Å². The summed E-state index contributed by atoms with van der Waals surface area (Å²) in [4.78, 5) is 68.1. The first-order valence-corrected chi connectivity index (χ1v) is 14.5. The number of hydrogen-bond donors (Lipinski definition) is 3. The van der Waals surface area contributed by atoms with Crippen molar-refractivity contribution in [1.82, 2.24) is 20.9 Å². The van der Waals surface area contributed by atoms with Gasteiger partial charge in [-0.25, -0.2) is 4.79 Å². The maximum absolute atomic E-state index is 14.1. The molecule has 0 bridgehead atoms. The van der Waals surface area contributed by atoms with Crippen LogP contribution in [-0.4, -0.2) is 71.3 Å². The summed E-state index contributed by atoms with van der Waals surface area (Å²) in [6.45, 7) is 18.8. The van der Waals surface area contributed by atoms with Crippen molar-refractivity contribution in [2.45, 2.75) is 85.5 Å². The van der Waals surface area contributed by atoms with Gasteiger partial charge in [0.15, 0.2) is 0 Å². The molecule has 1 heterocycles. The molecule has 0 radical (unpaired) electrons. The minimum absolute atomic E-state index is 0.0820. The first-order chi connectivity index (χ1) is 19.4. The summed E-state index contributed by atoms with van der Waals surface area (Å²) in [5, 5.41) is 8.03. The highest BCUT2D eigenvalue weighted by atomic mass is 16.6. The van der Waals surface area contributed by atoms with Gasteiger partial charge in [-0.05, 0) is 49.0 Å². The molecule has 0 spiro atoms. The van der Waals surface area contributed by atoms with E-state index in [0.717, 1.165) is 5.56 Å². The summed E-state index contributed by atoms with van der Waals surface area (Å²) in [6.07, 6.45) is 0.848. The van der Waals surface area contributed by atoms with Gasteiger partial charge in [0.1, 0.15) is 23.7 Å². The van der Waals surface area contributed by atoms with Crippen LogP contribution >= 0.6 is 0 Å². The van der Waals surface area contributed by atoms with E-state index in [9.17, 15) is 24.0 Å². The number of alkyl carbamates (subject to hydrolysis) is 1. The molecule has 5 atom stereocenters. The second-order valence-corrected chi connectivity index (χ2v) is 13.9. The molecule has 1 aliphatic carbocycles. The smallest absolute Gasteiger partial charge is 0.408 e. The highest BCUT2D eigenvalue weighted by Crippen LogP contribution is 2.65. The van der Waals surface area contributed by atoms with Gasteiger partial charge in [0.05, 0.1) is 0 Å². The molecular formula is C32H46N4O6. The third kappa shape index (κ3) is 7.57. The van der Waals surface area contributed by atoms with Crippen LogP contribution < -0.4 is 16.0 Å². The Morgan fingerprint density at radius 1 is 1.05 bits per heavy atom. The number of carbonyl (C=O) groups excluding carboxylic acids is 5. The molecule has 4 amide bonds. The van der Waals surface area contributed by atoms with Crippen LogP contribution in [0.5, 0.6) is 0 Å². The Morgan fingerprint density at radius 3 is 2.21 bits per heavy atom. The second-order valence-electron chi connectivity index (χ2n) is 13.9. The Bertz CT molecular complexity index is 1210. The third-order valence-electron chi connectivity index (χ3n) is 8.08. The first-order valence-electron chi connectivity index (χ1n) is 14.5. The van der Waals surface area contributed by atoms with Gasteiger partial charge in [-0.1, -0.05) is 71.0 Å². The van der Waals surface area contributed by atoms with Crippen molar-refractivity contribution in [3.63, 3.8) is 0 Å². The SMILES string of the molecule is C=CCNC(=O)C(=O)C(Cc1ccccc1)NC(=O)[C@@H]1[C@H]2[C@@H](CN1C(=O)[C@@H](NC(=O)OC(C)(C)C)C(C)(C)C)C2(C)C. The van der Waals surface area contributed by atoms with E-state index in [2.05, 4.69) is 36.4 Å². The molecule has 1 unspecified atom stereocenters. The summed E-state index contributed by atoms with van der Waals surface area (Å²) in [7, 11) is 0. The highest BCUT2D eigenvalue weighted by Gasteiger charge is 2.70. The van der Waals surface area contributed by atoms with Crippen LogP contribution in [0.3, 0.4) is 0 Å². The number of nitrogens with one attached hydrogen (secondary N) is 3. The van der Waals surface area contributed by atoms with E-state index in [1.165, 1.54) is 11.0 Å². The molecule has 2 aliphatic rings. The maximum atomic E-state index is 14.1. The standard InChI is InChI=1S/C32H46N4O6/c1-10-16-33-27(39)24(37)21(17-19-14-12-11-13-15-19)34-26(38)23-22-20(32(22,8)9)18-36(23)28(40)25(30(2,3)4)35-29(41)42-31(5,6)7/h10-15,20-23,25H,1,16-18H2,2-9H3,(H,33,39)(H,34,38)(H,35,41)/t20-,21?,22-,23+,25-/m1/s1. The quantitative estimate of drug-likeness (QED) is 0.287. The van der Waals surface area contributed by atoms with E-state index in [-0.39, 0.29) is 30.2 Å². The van der Waals surface area contributed by atoms with Crippen molar-refractivity contribution in [3.05, 3.63) is 48.6 Å². The number of nitrogens with zero attached hydrogens (tertiary/aromatic N) is 1. The van der Waals surface area contributed by atoms with Crippen molar-refractivity contribution in [2.75, 3.05) is 13.1 Å². The summed E-state index contributed by atoms with van der Waals surface area (Å²) >= 11 is 0. The lowest BCUT2D eigenvalue weighted by Gasteiger charge is -2.38. The summed E-state index contributed by atoms with van der Waals surface area (Å²) in [5.41, 5.74) is -0.859. The summed E-state index contributed by atoms with van der Waals surface area (Å²) < 4.78 is 5.42. The lowest BCUT2D eigenvalue weighted by molar-refractivity contribution is -0.145. The summed E-state index contributed by atoms with van der Waals surface area (Å²) in [6, 6.07) is 6.13. The molecule has 1 aromatic carbocycles. The van der Waals surface area contributed by atoms with Gasteiger partial charge in [-0.2, -0.15) is 0 Å². The lowest BCUT2D eigenvalue weighted by Crippen LogP contribution is -2.61. The second kappa shape index (κ2) is 12.3. The molecule has 1 saturated carbocycles. The minimum Gasteiger partial charge on any atom is -0.444 e. The van der Waals surface area contributed by atoms with E-state index >= 15 is 0 Å². The number of rotatable bonds is 10. The van der Waals surface area contributed by atoms with Crippen molar-refractivity contribution >= 4 is 29.6 Å². The fourth-order valence-electron chi connectivity index (χ4n) is 5.78. The van der Waals surface area contributed by atoms with Gasteiger partial charge in [-0.3, -0.25) is 19.2 Å². The van der Waals surface area contributed by atoms with E-state index in [1.54, 1.807) is 20.8 Å². The molecule has 1 aliphatic heterocycles. The lowest BCUT2D eigenvalue weighted by atomic mass is 9.85. The van der Waals surface area contributed by atoms with Crippen molar-refractivity contribution < 1.29 is 28.7 Å². The van der Waals surface area contributed by atoms with Crippen molar-refractivity contribution in [2.24, 2.45) is 22.7 Å². The van der Waals surface area contributed by atoms with Crippen LogP contribution in [0, 0.1) is 22.7 Å². The van der Waals surface area contributed by atoms with Gasteiger partial charge in [-0.15, -0.1) is 6.58 Å². The average molecular weight is 583 g/mol. The number of benzene rings is 1. The van der Waals surface area contributed by atoms with E-state index in [4.69, 9.17) is 4.74 Å². The number of hydrogen-bond acceptors (Lipinski definition) is 6. The zero-order valence-corrected chi connectivity index (χ0v) is 26.1. The monoisotopic (exact) mass is 582 g/mol. The Balaban J connectivity index is 1.89. The number of Topliss-reactive ketones (excluding diaryl/α,β-unsaturated/α-hetero) is 1. The van der Waals surface area contributed by atoms with Crippen LogP contribution in [0.25, 0.3) is 0 Å². The molecule has 1 saturated heterocycles. The molecule has 2 fully saturated rings. The highest BCUT2D eigenvalue weighted by molar-refractivity contribution is 6.38. The number of piperidine rings is 1. The zero-order valence-electron chi connectivity index (χ0n) is 26.1. The fourth-order valence-corrected chi connectivity index (χ4v) is 5.78. The Kier molecular flexibility index (Phi) is 9.59. The Labute approximate surface area is 249 Å². The number of amides is 4. The number of carbonyl (C=O) groups is 5. The molecule has 3 N–H and O–H groups in total. The molecular weight excluding hydrogens is 536 g/mol. The third-order valence-corrected chi connectivity index (χ3v) is 8.08. The minimum atomic E-state index is -1.14. The normalized spacial score (nSPS) is 22.2. The first kappa shape index (κ1) is 32.8. The predicted molar refractivity (Wildman–Crippen MR) is 159 cm³/mol. The van der Waals surface area contributed by atoms with Crippen molar-refractivity contribution in [3.8, 4) is 0 Å². The molecule has 0 aromatic heterocycles. The van der Waals surface area contributed by atoms with Gasteiger partial charge < -0.3 is 25.6 Å².